The summed E-state index contributed by atoms with van der Waals surface area (Å²) in [6.07, 6.45) is 0. The molecule has 0 atom stereocenters. The third kappa shape index (κ3) is 2.71. The first-order valence-corrected chi connectivity index (χ1v) is 2.62. The highest BCUT2D eigenvalue weighted by molar-refractivity contribution is 5.42. The van der Waals surface area contributed by atoms with Crippen LogP contribution in [-0.2, 0) is 4.79 Å². The summed E-state index contributed by atoms with van der Waals surface area (Å²) in [5.74, 6) is 0.213. The molecule has 0 heterocycles. The maximum atomic E-state index is 8.73. The number of rotatable bonds is 0. The van der Waals surface area contributed by atoms with Crippen molar-refractivity contribution in [3.05, 3.63) is 24.3 Å². The number of nitrogen functional groups attached to an aromatic ring is 1. The Hall–Kier alpha value is -1.51. The number of benzene rings is 1. The Morgan fingerprint density at radius 1 is 1.40 bits per heavy atom. The van der Waals surface area contributed by atoms with Crippen LogP contribution in [-0.4, -0.2) is 11.9 Å². The fourth-order valence-corrected chi connectivity index (χ4v) is 0.525. The van der Waals surface area contributed by atoms with Gasteiger partial charge in [-0.1, -0.05) is 6.07 Å². The average Bonchev–Trinajstić information content (AvgIpc) is 1.91. The van der Waals surface area contributed by atoms with Crippen molar-refractivity contribution < 1.29 is 9.90 Å². The van der Waals surface area contributed by atoms with Crippen LogP contribution in [0, 0.1) is 0 Å². The van der Waals surface area contributed by atoms with Crippen molar-refractivity contribution in [3.8, 4) is 5.75 Å². The third-order valence-corrected chi connectivity index (χ3v) is 0.870. The van der Waals surface area contributed by atoms with Crippen LogP contribution in [0.15, 0.2) is 24.3 Å². The van der Waals surface area contributed by atoms with Crippen LogP contribution < -0.4 is 5.73 Å². The maximum absolute atomic E-state index is 8.73. The quantitative estimate of drug-likeness (QED) is 0.522. The number of phenols is 1. The second-order valence-corrected chi connectivity index (χ2v) is 1.59. The molecule has 0 aliphatic carbocycles. The van der Waals surface area contributed by atoms with Crippen molar-refractivity contribution in [2.24, 2.45) is 0 Å². The second kappa shape index (κ2) is 4.38. The van der Waals surface area contributed by atoms with Crippen molar-refractivity contribution in [2.75, 3.05) is 5.73 Å². The first-order chi connectivity index (χ1) is 4.79. The summed E-state index contributed by atoms with van der Waals surface area (Å²) < 4.78 is 0. The Kier molecular flexibility index (Phi) is 3.72. The molecular weight excluding hydrogens is 130 g/mol. The summed E-state index contributed by atoms with van der Waals surface area (Å²) >= 11 is 0. The smallest absolute Gasteiger partial charge is 0.117 e. The molecule has 1 aromatic carbocycles. The van der Waals surface area contributed by atoms with E-state index in [0.717, 1.165) is 0 Å². The molecule has 10 heavy (non-hydrogen) atoms. The zero-order chi connectivity index (χ0) is 7.98. The van der Waals surface area contributed by atoms with Crippen molar-refractivity contribution >= 4 is 12.5 Å². The van der Waals surface area contributed by atoms with Crippen LogP contribution in [0.2, 0.25) is 0 Å². The lowest BCUT2D eigenvalue weighted by molar-refractivity contribution is -0.0979. The van der Waals surface area contributed by atoms with E-state index >= 15 is 0 Å². The highest BCUT2D eigenvalue weighted by Gasteiger charge is 1.83. The van der Waals surface area contributed by atoms with Crippen LogP contribution in [0.4, 0.5) is 5.69 Å². The molecule has 0 saturated heterocycles. The van der Waals surface area contributed by atoms with Gasteiger partial charge in [0.1, 0.15) is 12.5 Å². The monoisotopic (exact) mass is 139 g/mol. The van der Waals surface area contributed by atoms with Crippen molar-refractivity contribution in [1.82, 2.24) is 0 Å². The topological polar surface area (TPSA) is 63.3 Å². The summed E-state index contributed by atoms with van der Waals surface area (Å²) in [6.45, 7) is 2.00. The van der Waals surface area contributed by atoms with Crippen LogP contribution in [0.1, 0.15) is 0 Å². The lowest BCUT2D eigenvalue weighted by Crippen LogP contribution is -1.80. The van der Waals surface area contributed by atoms with Gasteiger partial charge in [-0.05, 0) is 12.1 Å². The molecular formula is C7H9NO2. The van der Waals surface area contributed by atoms with E-state index in [2.05, 4.69) is 0 Å². The normalized spacial score (nSPS) is 7.60. The number of hydrogen-bond acceptors (Lipinski definition) is 3. The van der Waals surface area contributed by atoms with Gasteiger partial charge in [0.25, 0.3) is 0 Å². The van der Waals surface area contributed by atoms with Gasteiger partial charge < -0.3 is 15.6 Å². The van der Waals surface area contributed by atoms with Gasteiger partial charge in [0, 0.05) is 11.8 Å². The molecule has 0 bridgehead atoms. The summed E-state index contributed by atoms with van der Waals surface area (Å²) in [6, 6.07) is 6.50. The minimum Gasteiger partial charge on any atom is -0.508 e. The predicted molar refractivity (Wildman–Crippen MR) is 39.6 cm³/mol. The molecule has 1 rings (SSSR count). The van der Waals surface area contributed by atoms with Crippen LogP contribution in [0.3, 0.4) is 0 Å². The fourth-order valence-electron chi connectivity index (χ4n) is 0.525. The van der Waals surface area contributed by atoms with Gasteiger partial charge in [0.15, 0.2) is 0 Å². The van der Waals surface area contributed by atoms with E-state index in [1.165, 1.54) is 6.07 Å². The predicted octanol–water partition coefficient (Wildman–Crippen LogP) is 0.789. The van der Waals surface area contributed by atoms with Crippen LogP contribution in [0.25, 0.3) is 0 Å². The van der Waals surface area contributed by atoms with Crippen molar-refractivity contribution in [2.45, 2.75) is 0 Å². The van der Waals surface area contributed by atoms with Gasteiger partial charge in [-0.15, -0.1) is 0 Å². The standard InChI is InChI=1S/C6H7NO.CH2O/c7-5-2-1-3-6(8)4-5;1-2/h1-4,8H,7H2;1H2. The Balaban J connectivity index is 0.000000371. The highest BCUT2D eigenvalue weighted by Crippen LogP contribution is 2.10. The van der Waals surface area contributed by atoms with Crippen LogP contribution in [0.5, 0.6) is 5.75 Å². The number of carbonyl (C=O) groups excluding carboxylic acids is 1. The van der Waals surface area contributed by atoms with E-state index in [4.69, 9.17) is 15.6 Å². The number of nitrogens with two attached hydrogens (primary N) is 1. The summed E-state index contributed by atoms with van der Waals surface area (Å²) in [5.41, 5.74) is 5.89. The molecule has 0 unspecified atom stereocenters. The molecule has 0 aromatic heterocycles. The van der Waals surface area contributed by atoms with Gasteiger partial charge >= 0.3 is 0 Å². The van der Waals surface area contributed by atoms with E-state index in [0.29, 0.717) is 5.69 Å². The van der Waals surface area contributed by atoms with E-state index < -0.39 is 0 Å². The Bertz CT molecular complexity index is 183. The van der Waals surface area contributed by atoms with Gasteiger partial charge in [-0.3, -0.25) is 0 Å². The van der Waals surface area contributed by atoms with E-state index in [1.54, 1.807) is 18.2 Å². The summed E-state index contributed by atoms with van der Waals surface area (Å²) in [4.78, 5) is 8.00. The first-order valence-electron chi connectivity index (χ1n) is 2.62. The number of aromatic hydroxyl groups is 1. The highest BCUT2D eigenvalue weighted by atomic mass is 16.3. The minimum absolute atomic E-state index is 0.213. The number of phenolic OH excluding ortho intramolecular Hbond substituents is 1. The Morgan fingerprint density at radius 3 is 2.30 bits per heavy atom. The van der Waals surface area contributed by atoms with E-state index in [9.17, 15) is 0 Å². The lowest BCUT2D eigenvalue weighted by atomic mass is 10.3. The van der Waals surface area contributed by atoms with Gasteiger partial charge in [-0.25, -0.2) is 0 Å². The number of anilines is 1. The van der Waals surface area contributed by atoms with Crippen molar-refractivity contribution in [1.29, 1.82) is 0 Å². The van der Waals surface area contributed by atoms with Gasteiger partial charge in [-0.2, -0.15) is 0 Å². The Morgan fingerprint density at radius 2 is 2.00 bits per heavy atom. The van der Waals surface area contributed by atoms with E-state index in [1.807, 2.05) is 6.79 Å². The summed E-state index contributed by atoms with van der Waals surface area (Å²) in [7, 11) is 0. The SMILES string of the molecule is C=O.Nc1cccc(O)c1. The largest absolute Gasteiger partial charge is 0.508 e. The molecule has 0 radical (unpaired) electrons. The molecule has 0 spiro atoms. The molecule has 0 amide bonds. The van der Waals surface area contributed by atoms with Crippen molar-refractivity contribution in [3.63, 3.8) is 0 Å². The minimum atomic E-state index is 0.213. The molecule has 3 nitrogen and oxygen atoms in total. The first kappa shape index (κ1) is 8.49. The lowest BCUT2D eigenvalue weighted by Gasteiger charge is -1.90. The second-order valence-electron chi connectivity index (χ2n) is 1.59. The Labute approximate surface area is 59.1 Å². The molecule has 0 aliphatic heterocycles. The zero-order valence-electron chi connectivity index (χ0n) is 5.45. The van der Waals surface area contributed by atoms with E-state index in [-0.39, 0.29) is 5.75 Å². The van der Waals surface area contributed by atoms with Crippen LogP contribution >= 0.6 is 0 Å². The number of hydrogen-bond donors (Lipinski definition) is 2. The molecule has 1 aromatic rings. The molecule has 0 saturated carbocycles. The summed E-state index contributed by atoms with van der Waals surface area (Å²) in [5, 5.41) is 8.73. The fraction of sp³-hybridized carbons (Fsp3) is 0. The molecule has 3 N–H and O–H groups in total. The molecule has 54 valence electrons. The molecule has 3 heteroatoms. The average molecular weight is 139 g/mol. The van der Waals surface area contributed by atoms with Gasteiger partial charge in [0.2, 0.25) is 0 Å². The van der Waals surface area contributed by atoms with Gasteiger partial charge in [0.05, 0.1) is 0 Å². The maximum Gasteiger partial charge on any atom is 0.117 e. The molecule has 0 aliphatic rings. The zero-order valence-corrected chi connectivity index (χ0v) is 5.45. The molecule has 0 fully saturated rings. The number of carbonyl (C=O) groups is 1. The third-order valence-electron chi connectivity index (χ3n) is 0.870.